The second kappa shape index (κ2) is 5.87. The van der Waals surface area contributed by atoms with Crippen molar-refractivity contribution in [2.24, 2.45) is 0 Å². The zero-order valence-corrected chi connectivity index (χ0v) is 10.7. The average molecular weight is 349 g/mol. The number of ether oxygens (including phenoxy) is 1. The average Bonchev–Trinajstić information content (AvgIpc) is 2.23. The van der Waals surface area contributed by atoms with Crippen molar-refractivity contribution < 1.29 is 48.6 Å². The minimum Gasteiger partial charge on any atom is -0.363 e. The molecule has 12 heteroatoms. The molecule has 1 fully saturated rings. The molecule has 130 valence electrons. The smallest absolute Gasteiger partial charge is 0.363 e. The van der Waals surface area contributed by atoms with Crippen molar-refractivity contribution in [1.82, 2.24) is 4.90 Å². The fourth-order valence-electron chi connectivity index (χ4n) is 1.91. The Bertz CT molecular complexity index is 436. The lowest BCUT2D eigenvalue weighted by molar-refractivity contribution is -0.279. The summed E-state index contributed by atoms with van der Waals surface area (Å²) in [6, 6.07) is -5.32. The molecule has 1 saturated heterocycles. The van der Waals surface area contributed by atoms with Crippen LogP contribution in [-0.4, -0.2) is 48.6 Å². The van der Waals surface area contributed by atoms with E-state index in [2.05, 4.69) is 4.74 Å². The van der Waals surface area contributed by atoms with Crippen LogP contribution >= 0.6 is 0 Å². The van der Waals surface area contributed by atoms with E-state index in [4.69, 9.17) is 0 Å². The Labute approximate surface area is 117 Å². The van der Waals surface area contributed by atoms with Gasteiger partial charge in [0.15, 0.2) is 11.7 Å². The molecule has 0 bridgehead atoms. The summed E-state index contributed by atoms with van der Waals surface area (Å²) in [6.45, 7) is -1.87. The van der Waals surface area contributed by atoms with Crippen LogP contribution in [0.25, 0.3) is 0 Å². The van der Waals surface area contributed by atoms with Gasteiger partial charge in [0.25, 0.3) is 6.08 Å². The minimum absolute atomic E-state index is 0.610. The molecule has 1 aliphatic rings. The van der Waals surface area contributed by atoms with E-state index in [1.54, 1.807) is 0 Å². The van der Waals surface area contributed by atoms with E-state index in [0.29, 0.717) is 0 Å². The SMILES string of the molecule is CC1CN(C(F)(F)C(=C(F)F)C(F)(F)F)CC(C(F)(F)F)O1. The van der Waals surface area contributed by atoms with Crippen LogP contribution < -0.4 is 0 Å². The molecule has 0 amide bonds. The molecule has 1 aliphatic heterocycles. The van der Waals surface area contributed by atoms with Gasteiger partial charge in [0.2, 0.25) is 0 Å². The maximum absolute atomic E-state index is 13.7. The van der Waals surface area contributed by atoms with Crippen molar-refractivity contribution in [2.45, 2.75) is 37.5 Å². The number of alkyl halides is 8. The zero-order valence-electron chi connectivity index (χ0n) is 10.7. The normalized spacial score (nSPS) is 25.2. The van der Waals surface area contributed by atoms with Gasteiger partial charge >= 0.3 is 18.4 Å². The lowest BCUT2D eigenvalue weighted by Gasteiger charge is -2.41. The topological polar surface area (TPSA) is 12.5 Å². The quantitative estimate of drug-likeness (QED) is 0.553. The number of hydrogen-bond donors (Lipinski definition) is 0. The van der Waals surface area contributed by atoms with Crippen LogP contribution in [0.2, 0.25) is 0 Å². The second-order valence-electron chi connectivity index (χ2n) is 4.56. The molecule has 0 radical (unpaired) electrons. The van der Waals surface area contributed by atoms with Crippen LogP contribution in [0.15, 0.2) is 11.7 Å². The first-order chi connectivity index (χ1) is 9.67. The molecule has 2 atom stereocenters. The fraction of sp³-hybridized carbons (Fsp3) is 0.800. The first-order valence-electron chi connectivity index (χ1n) is 5.65. The molecule has 0 aromatic rings. The summed E-state index contributed by atoms with van der Waals surface area (Å²) in [6.07, 6.45) is -19.3. The Kier molecular flexibility index (Phi) is 5.07. The largest absolute Gasteiger partial charge is 0.425 e. The summed E-state index contributed by atoms with van der Waals surface area (Å²) in [7, 11) is 0. The van der Waals surface area contributed by atoms with Crippen molar-refractivity contribution in [1.29, 1.82) is 0 Å². The van der Waals surface area contributed by atoms with E-state index in [0.717, 1.165) is 6.92 Å². The van der Waals surface area contributed by atoms with Gasteiger partial charge in [-0.3, -0.25) is 0 Å². The van der Waals surface area contributed by atoms with Crippen LogP contribution in [0.1, 0.15) is 6.92 Å². The Balaban J connectivity index is 3.18. The second-order valence-corrected chi connectivity index (χ2v) is 4.56. The highest BCUT2D eigenvalue weighted by atomic mass is 19.4. The maximum Gasteiger partial charge on any atom is 0.425 e. The fourth-order valence-corrected chi connectivity index (χ4v) is 1.91. The molecule has 0 aliphatic carbocycles. The summed E-state index contributed by atoms with van der Waals surface area (Å²) in [5.74, 6) is 0. The van der Waals surface area contributed by atoms with Crippen LogP contribution in [0.3, 0.4) is 0 Å². The third-order valence-corrected chi connectivity index (χ3v) is 2.80. The molecular formula is C10H9F10NO. The van der Waals surface area contributed by atoms with Crippen LogP contribution in [-0.2, 0) is 4.74 Å². The molecule has 0 aromatic heterocycles. The molecule has 22 heavy (non-hydrogen) atoms. The van der Waals surface area contributed by atoms with Gasteiger partial charge in [0.1, 0.15) is 0 Å². The van der Waals surface area contributed by atoms with Crippen molar-refractivity contribution in [2.75, 3.05) is 13.1 Å². The highest BCUT2D eigenvalue weighted by molar-refractivity contribution is 5.19. The van der Waals surface area contributed by atoms with Crippen LogP contribution in [0.4, 0.5) is 43.9 Å². The number of hydrogen-bond acceptors (Lipinski definition) is 2. The standard InChI is InChI=1S/C10H9F10NO/c1-4-2-21(3-5(22-4)8(13,14)15)10(19,20)6(7(11)12)9(16,17)18/h4-5H,2-3H2,1H3. The highest BCUT2D eigenvalue weighted by Gasteiger charge is 2.59. The van der Waals surface area contributed by atoms with E-state index in [-0.39, 0.29) is 0 Å². The Morgan fingerprint density at radius 1 is 0.955 bits per heavy atom. The molecule has 0 saturated carbocycles. The van der Waals surface area contributed by atoms with Gasteiger partial charge in [0, 0.05) is 13.1 Å². The van der Waals surface area contributed by atoms with Crippen LogP contribution in [0, 0.1) is 0 Å². The third kappa shape index (κ3) is 4.03. The molecule has 0 spiro atoms. The van der Waals surface area contributed by atoms with Gasteiger partial charge in [-0.15, -0.1) is 0 Å². The Morgan fingerprint density at radius 3 is 1.82 bits per heavy atom. The van der Waals surface area contributed by atoms with Crippen molar-refractivity contribution in [3.8, 4) is 0 Å². The van der Waals surface area contributed by atoms with E-state index < -0.39 is 60.3 Å². The number of morpholine rings is 1. The van der Waals surface area contributed by atoms with Gasteiger partial charge in [-0.1, -0.05) is 0 Å². The highest BCUT2D eigenvalue weighted by Crippen LogP contribution is 2.44. The summed E-state index contributed by atoms with van der Waals surface area (Å²) in [5, 5.41) is 0. The van der Waals surface area contributed by atoms with Gasteiger partial charge in [-0.2, -0.15) is 43.9 Å². The molecule has 1 heterocycles. The molecule has 1 rings (SSSR count). The monoisotopic (exact) mass is 349 g/mol. The molecule has 2 nitrogen and oxygen atoms in total. The van der Waals surface area contributed by atoms with E-state index in [9.17, 15) is 43.9 Å². The Morgan fingerprint density at radius 2 is 1.45 bits per heavy atom. The third-order valence-electron chi connectivity index (χ3n) is 2.80. The van der Waals surface area contributed by atoms with E-state index in [1.165, 1.54) is 0 Å². The van der Waals surface area contributed by atoms with Gasteiger partial charge in [-0.25, -0.2) is 4.90 Å². The van der Waals surface area contributed by atoms with Gasteiger partial charge in [0.05, 0.1) is 6.10 Å². The van der Waals surface area contributed by atoms with Crippen molar-refractivity contribution >= 4 is 0 Å². The Hall–Kier alpha value is -1.04. The molecular weight excluding hydrogens is 340 g/mol. The molecule has 0 N–H and O–H groups in total. The number of nitrogens with zero attached hydrogens (tertiary/aromatic N) is 1. The molecule has 0 aromatic carbocycles. The minimum atomic E-state index is -6.10. The summed E-state index contributed by atoms with van der Waals surface area (Å²) < 4.78 is 131. The number of rotatable bonds is 2. The predicted octanol–water partition coefficient (Wildman–Crippen LogP) is 3.94. The summed E-state index contributed by atoms with van der Waals surface area (Å²) >= 11 is 0. The predicted molar refractivity (Wildman–Crippen MR) is 52.2 cm³/mol. The first-order valence-corrected chi connectivity index (χ1v) is 5.65. The zero-order chi connectivity index (χ0) is 17.5. The van der Waals surface area contributed by atoms with E-state index >= 15 is 0 Å². The lowest BCUT2D eigenvalue weighted by Crippen LogP contribution is -2.59. The lowest BCUT2D eigenvalue weighted by atomic mass is 10.1. The first kappa shape index (κ1) is 19.0. The van der Waals surface area contributed by atoms with Gasteiger partial charge in [-0.05, 0) is 6.92 Å². The van der Waals surface area contributed by atoms with Gasteiger partial charge < -0.3 is 4.74 Å². The molecule has 2 unspecified atom stereocenters. The summed E-state index contributed by atoms with van der Waals surface area (Å²) in [4.78, 5) is -0.610. The van der Waals surface area contributed by atoms with Crippen molar-refractivity contribution in [3.63, 3.8) is 0 Å². The van der Waals surface area contributed by atoms with E-state index in [1.807, 2.05) is 0 Å². The van der Waals surface area contributed by atoms with Crippen LogP contribution in [0.5, 0.6) is 0 Å². The van der Waals surface area contributed by atoms with Crippen molar-refractivity contribution in [3.05, 3.63) is 11.7 Å². The number of halogens is 10. The maximum atomic E-state index is 13.7. The summed E-state index contributed by atoms with van der Waals surface area (Å²) in [5.41, 5.74) is -3.48.